The number of amides is 1. The van der Waals surface area contributed by atoms with Crippen molar-refractivity contribution in [2.75, 3.05) is 19.3 Å². The number of aromatic nitrogens is 1. The molecule has 0 atom stereocenters. The smallest absolute Gasteiger partial charge is 0.253 e. The second kappa shape index (κ2) is 6.42. The number of rotatable bonds is 4. The maximum Gasteiger partial charge on any atom is 0.253 e. The Kier molecular flexibility index (Phi) is 4.97. The molecule has 124 valence electrons. The summed E-state index contributed by atoms with van der Waals surface area (Å²) < 4.78 is 26.6. The van der Waals surface area contributed by atoms with Crippen LogP contribution in [0.2, 0.25) is 0 Å². The maximum absolute atomic E-state index is 12.4. The van der Waals surface area contributed by atoms with Crippen LogP contribution in [-0.2, 0) is 16.6 Å². The average Bonchev–Trinajstić information content (AvgIpc) is 2.73. The Morgan fingerprint density at radius 3 is 2.36 bits per heavy atom. The fraction of sp³-hybridized carbons (Fsp3) is 0.667. The molecule has 0 spiro atoms. The Bertz CT molecular complexity index is 656. The first-order chi connectivity index (χ1) is 10.2. The summed E-state index contributed by atoms with van der Waals surface area (Å²) in [6.45, 7) is 7.80. The van der Waals surface area contributed by atoms with Crippen molar-refractivity contribution in [2.24, 2.45) is 0 Å². The molecule has 0 aromatic carbocycles. The fourth-order valence-corrected chi connectivity index (χ4v) is 3.99. The molecule has 1 aromatic heterocycles. The van der Waals surface area contributed by atoms with Gasteiger partial charge in [-0.15, -0.1) is 0 Å². The Morgan fingerprint density at radius 2 is 1.91 bits per heavy atom. The third-order valence-electron chi connectivity index (χ3n) is 4.39. The zero-order valence-corrected chi connectivity index (χ0v) is 14.5. The van der Waals surface area contributed by atoms with Gasteiger partial charge < -0.3 is 9.88 Å². The Hall–Kier alpha value is -1.34. The standard InChI is InChI=1S/C15H25N3O3S/c1-5-18-11(2)10-14(12(18)3)15(19)16-13-6-8-17(9-7-13)22(4,20)21/h10,13H,5-9H2,1-4H3,(H,16,19). The first kappa shape index (κ1) is 17.0. The van der Waals surface area contributed by atoms with Gasteiger partial charge in [-0.3, -0.25) is 4.79 Å². The molecule has 22 heavy (non-hydrogen) atoms. The number of carbonyl (C=O) groups excluding carboxylic acids is 1. The Balaban J connectivity index is 2.00. The molecular weight excluding hydrogens is 302 g/mol. The number of hydrogen-bond acceptors (Lipinski definition) is 3. The van der Waals surface area contributed by atoms with Gasteiger partial charge in [0.2, 0.25) is 10.0 Å². The minimum Gasteiger partial charge on any atom is -0.349 e. The van der Waals surface area contributed by atoms with Crippen LogP contribution < -0.4 is 5.32 Å². The van der Waals surface area contributed by atoms with E-state index in [1.165, 1.54) is 10.6 Å². The number of sulfonamides is 1. The Labute approximate surface area is 132 Å². The molecule has 0 aliphatic carbocycles. The van der Waals surface area contributed by atoms with Crippen LogP contribution in [0.1, 0.15) is 41.5 Å². The van der Waals surface area contributed by atoms with Gasteiger partial charge in [0, 0.05) is 37.1 Å². The molecule has 0 saturated carbocycles. The van der Waals surface area contributed by atoms with Gasteiger partial charge in [-0.25, -0.2) is 12.7 Å². The quantitative estimate of drug-likeness (QED) is 0.905. The van der Waals surface area contributed by atoms with Crippen LogP contribution in [0.5, 0.6) is 0 Å². The summed E-state index contributed by atoms with van der Waals surface area (Å²) in [6, 6.07) is 1.95. The van der Waals surface area contributed by atoms with E-state index in [0.717, 1.165) is 17.9 Å². The molecular formula is C15H25N3O3S. The van der Waals surface area contributed by atoms with Crippen LogP contribution >= 0.6 is 0 Å². The molecule has 1 N–H and O–H groups in total. The predicted molar refractivity (Wildman–Crippen MR) is 86.5 cm³/mol. The molecule has 1 saturated heterocycles. The van der Waals surface area contributed by atoms with Crippen molar-refractivity contribution in [1.82, 2.24) is 14.2 Å². The molecule has 2 rings (SSSR count). The monoisotopic (exact) mass is 327 g/mol. The first-order valence-electron chi connectivity index (χ1n) is 7.66. The highest BCUT2D eigenvalue weighted by atomic mass is 32.2. The highest BCUT2D eigenvalue weighted by molar-refractivity contribution is 7.88. The number of piperidine rings is 1. The lowest BCUT2D eigenvalue weighted by Gasteiger charge is -2.30. The summed E-state index contributed by atoms with van der Waals surface area (Å²) in [4.78, 5) is 12.4. The number of carbonyl (C=O) groups is 1. The van der Waals surface area contributed by atoms with Crippen molar-refractivity contribution in [3.05, 3.63) is 23.0 Å². The van der Waals surface area contributed by atoms with Gasteiger partial charge >= 0.3 is 0 Å². The van der Waals surface area contributed by atoms with Crippen LogP contribution in [0.15, 0.2) is 6.07 Å². The largest absolute Gasteiger partial charge is 0.349 e. The van der Waals surface area contributed by atoms with Crippen LogP contribution in [0.3, 0.4) is 0 Å². The molecule has 0 bridgehead atoms. The van der Waals surface area contributed by atoms with Crippen molar-refractivity contribution in [2.45, 2.75) is 46.2 Å². The van der Waals surface area contributed by atoms with Gasteiger partial charge in [0.25, 0.3) is 5.91 Å². The number of hydrogen-bond donors (Lipinski definition) is 1. The van der Waals surface area contributed by atoms with Gasteiger partial charge in [-0.2, -0.15) is 0 Å². The Morgan fingerprint density at radius 1 is 1.32 bits per heavy atom. The molecule has 1 aliphatic heterocycles. The van der Waals surface area contributed by atoms with Crippen LogP contribution in [0, 0.1) is 13.8 Å². The van der Waals surface area contributed by atoms with E-state index >= 15 is 0 Å². The highest BCUT2D eigenvalue weighted by Crippen LogP contribution is 2.17. The van der Waals surface area contributed by atoms with E-state index in [1.807, 2.05) is 19.9 Å². The lowest BCUT2D eigenvalue weighted by Crippen LogP contribution is -2.46. The maximum atomic E-state index is 12.4. The molecule has 0 radical (unpaired) electrons. The number of nitrogens with one attached hydrogen (secondary N) is 1. The summed E-state index contributed by atoms with van der Waals surface area (Å²) >= 11 is 0. The van der Waals surface area contributed by atoms with E-state index in [1.54, 1.807) is 0 Å². The SMILES string of the molecule is CCn1c(C)cc(C(=O)NC2CCN(S(C)(=O)=O)CC2)c1C. The minimum atomic E-state index is -3.13. The molecule has 6 nitrogen and oxygen atoms in total. The molecule has 1 fully saturated rings. The van der Waals surface area contributed by atoms with E-state index in [9.17, 15) is 13.2 Å². The predicted octanol–water partition coefficient (Wildman–Crippen LogP) is 1.28. The molecule has 0 unspecified atom stereocenters. The third-order valence-corrected chi connectivity index (χ3v) is 5.70. The molecule has 7 heteroatoms. The van der Waals surface area contributed by atoms with Crippen molar-refractivity contribution >= 4 is 15.9 Å². The minimum absolute atomic E-state index is 0.0372. The normalized spacial score (nSPS) is 17.6. The lowest BCUT2D eigenvalue weighted by molar-refractivity contribution is 0.0923. The summed E-state index contributed by atoms with van der Waals surface area (Å²) in [5.74, 6) is -0.0643. The number of nitrogens with zero attached hydrogens (tertiary/aromatic N) is 2. The van der Waals surface area contributed by atoms with Crippen molar-refractivity contribution in [3.63, 3.8) is 0 Å². The van der Waals surface area contributed by atoms with Gasteiger partial charge in [-0.05, 0) is 39.7 Å². The van der Waals surface area contributed by atoms with E-state index in [2.05, 4.69) is 16.8 Å². The summed E-state index contributed by atoms with van der Waals surface area (Å²) in [5.41, 5.74) is 2.77. The van der Waals surface area contributed by atoms with Gasteiger partial charge in [0.05, 0.1) is 11.8 Å². The number of aryl methyl sites for hydroxylation is 1. The fourth-order valence-electron chi connectivity index (χ4n) is 3.11. The molecule has 1 aliphatic rings. The van der Waals surface area contributed by atoms with E-state index in [-0.39, 0.29) is 11.9 Å². The summed E-state index contributed by atoms with van der Waals surface area (Å²) in [6.07, 6.45) is 2.54. The van der Waals surface area contributed by atoms with Crippen molar-refractivity contribution in [1.29, 1.82) is 0 Å². The molecule has 1 aromatic rings. The molecule has 2 heterocycles. The summed E-state index contributed by atoms with van der Waals surface area (Å²) in [7, 11) is -3.13. The van der Waals surface area contributed by atoms with E-state index in [0.29, 0.717) is 31.5 Å². The third kappa shape index (κ3) is 3.52. The van der Waals surface area contributed by atoms with Crippen molar-refractivity contribution < 1.29 is 13.2 Å². The van der Waals surface area contributed by atoms with Crippen molar-refractivity contribution in [3.8, 4) is 0 Å². The first-order valence-corrected chi connectivity index (χ1v) is 9.51. The lowest BCUT2D eigenvalue weighted by atomic mass is 10.1. The highest BCUT2D eigenvalue weighted by Gasteiger charge is 2.26. The van der Waals surface area contributed by atoms with E-state index < -0.39 is 10.0 Å². The summed E-state index contributed by atoms with van der Waals surface area (Å²) in [5, 5.41) is 3.04. The van der Waals surface area contributed by atoms with Crippen LogP contribution in [-0.4, -0.2) is 48.6 Å². The topological polar surface area (TPSA) is 71.4 Å². The zero-order chi connectivity index (χ0) is 16.5. The van der Waals surface area contributed by atoms with Crippen LogP contribution in [0.25, 0.3) is 0 Å². The zero-order valence-electron chi connectivity index (χ0n) is 13.7. The molecule has 1 amide bonds. The second-order valence-electron chi connectivity index (χ2n) is 5.94. The van der Waals surface area contributed by atoms with Gasteiger partial charge in [0.1, 0.15) is 0 Å². The van der Waals surface area contributed by atoms with Gasteiger partial charge in [-0.1, -0.05) is 0 Å². The average molecular weight is 327 g/mol. The van der Waals surface area contributed by atoms with Gasteiger partial charge in [0.15, 0.2) is 0 Å². The van der Waals surface area contributed by atoms with E-state index in [4.69, 9.17) is 0 Å². The second-order valence-corrected chi connectivity index (χ2v) is 7.92. The van der Waals surface area contributed by atoms with Crippen LogP contribution in [0.4, 0.5) is 0 Å².